The van der Waals surface area contributed by atoms with Crippen molar-refractivity contribution in [2.24, 2.45) is 11.8 Å². The van der Waals surface area contributed by atoms with Crippen LogP contribution < -0.4 is 10.6 Å². The molecule has 4 atom stereocenters. The summed E-state index contributed by atoms with van der Waals surface area (Å²) in [4.78, 5) is 11.8. The summed E-state index contributed by atoms with van der Waals surface area (Å²) in [6.45, 7) is 7.28. The second kappa shape index (κ2) is 6.98. The third kappa shape index (κ3) is 4.83. The molecule has 2 aliphatic carbocycles. The molecule has 1 saturated heterocycles. The maximum Gasteiger partial charge on any atom is 0.407 e. The van der Waals surface area contributed by atoms with Crippen molar-refractivity contribution in [1.29, 1.82) is 0 Å². The van der Waals surface area contributed by atoms with E-state index in [9.17, 15) is 4.79 Å². The first-order valence-corrected chi connectivity index (χ1v) is 9.27. The summed E-state index contributed by atoms with van der Waals surface area (Å²) >= 11 is 0. The Hall–Kier alpha value is -0.810. The van der Waals surface area contributed by atoms with E-state index in [2.05, 4.69) is 10.6 Å². The zero-order valence-corrected chi connectivity index (χ0v) is 14.8. The van der Waals surface area contributed by atoms with Crippen molar-refractivity contribution in [3.8, 4) is 0 Å². The molecule has 0 spiro atoms. The largest absolute Gasteiger partial charge is 0.444 e. The second-order valence-corrected chi connectivity index (χ2v) is 8.41. The Bertz CT molecular complexity index is 417. The molecule has 3 rings (SSSR count). The van der Waals surface area contributed by atoms with Crippen LogP contribution >= 0.6 is 0 Å². The molecule has 2 saturated carbocycles. The van der Waals surface area contributed by atoms with Crippen molar-refractivity contribution in [2.45, 2.75) is 83.1 Å². The molecule has 3 aliphatic rings. The van der Waals surface area contributed by atoms with Gasteiger partial charge >= 0.3 is 6.09 Å². The molecule has 1 heterocycles. The van der Waals surface area contributed by atoms with Gasteiger partial charge in [-0.3, -0.25) is 0 Å². The molecule has 0 aromatic carbocycles. The van der Waals surface area contributed by atoms with Crippen LogP contribution in [0.5, 0.6) is 0 Å². The Morgan fingerprint density at radius 1 is 1.13 bits per heavy atom. The molecule has 5 heteroatoms. The van der Waals surface area contributed by atoms with E-state index >= 15 is 0 Å². The van der Waals surface area contributed by atoms with Gasteiger partial charge in [0.25, 0.3) is 0 Å². The Morgan fingerprint density at radius 3 is 2.61 bits per heavy atom. The third-order valence-electron chi connectivity index (χ3n) is 5.22. The van der Waals surface area contributed by atoms with E-state index < -0.39 is 5.60 Å². The first-order valence-electron chi connectivity index (χ1n) is 9.27. The Balaban J connectivity index is 1.45. The Morgan fingerprint density at radius 2 is 1.91 bits per heavy atom. The van der Waals surface area contributed by atoms with Crippen LogP contribution in [0.2, 0.25) is 0 Å². The second-order valence-electron chi connectivity index (χ2n) is 8.41. The van der Waals surface area contributed by atoms with Gasteiger partial charge < -0.3 is 20.1 Å². The summed E-state index contributed by atoms with van der Waals surface area (Å²) in [5, 5.41) is 6.80. The van der Waals surface area contributed by atoms with Gasteiger partial charge in [-0.25, -0.2) is 4.79 Å². The first kappa shape index (κ1) is 17.0. The monoisotopic (exact) mass is 324 g/mol. The molecular formula is C18H32N2O3. The zero-order chi connectivity index (χ0) is 16.4. The molecule has 23 heavy (non-hydrogen) atoms. The average molecular weight is 324 g/mol. The topological polar surface area (TPSA) is 59.6 Å². The molecule has 2 N–H and O–H groups in total. The minimum atomic E-state index is -0.434. The van der Waals surface area contributed by atoms with Gasteiger partial charge in [0.15, 0.2) is 0 Å². The fraction of sp³-hybridized carbons (Fsp3) is 0.944. The van der Waals surface area contributed by atoms with E-state index in [0.717, 1.165) is 18.9 Å². The van der Waals surface area contributed by atoms with E-state index in [1.54, 1.807) is 0 Å². The molecule has 3 fully saturated rings. The predicted molar refractivity (Wildman–Crippen MR) is 89.4 cm³/mol. The van der Waals surface area contributed by atoms with Crippen LogP contribution in [0.15, 0.2) is 0 Å². The first-order chi connectivity index (χ1) is 10.9. The average Bonchev–Trinajstić information content (AvgIpc) is 3.03. The van der Waals surface area contributed by atoms with Gasteiger partial charge in [0.1, 0.15) is 5.60 Å². The molecule has 1 aliphatic heterocycles. The number of alkyl carbamates (subject to hydrolysis) is 1. The molecule has 0 aromatic heterocycles. The number of rotatable bonds is 5. The Kier molecular flexibility index (Phi) is 5.16. The van der Waals surface area contributed by atoms with Gasteiger partial charge in [-0.2, -0.15) is 0 Å². The summed E-state index contributed by atoms with van der Waals surface area (Å²) in [5.74, 6) is 1.29. The molecule has 4 unspecified atom stereocenters. The number of ether oxygens (including phenoxy) is 2. The van der Waals surface area contributed by atoms with Crippen molar-refractivity contribution in [2.75, 3.05) is 13.2 Å². The molecule has 0 radical (unpaired) electrons. The van der Waals surface area contributed by atoms with E-state index in [-0.39, 0.29) is 6.09 Å². The highest BCUT2D eigenvalue weighted by atomic mass is 16.6. The van der Waals surface area contributed by atoms with Crippen molar-refractivity contribution < 1.29 is 14.3 Å². The summed E-state index contributed by atoms with van der Waals surface area (Å²) in [6, 6.07) is 1.01. The molecule has 5 nitrogen and oxygen atoms in total. The molecule has 0 aromatic rings. The third-order valence-corrected chi connectivity index (χ3v) is 5.22. The minimum Gasteiger partial charge on any atom is -0.444 e. The smallest absolute Gasteiger partial charge is 0.407 e. The summed E-state index contributed by atoms with van der Waals surface area (Å²) < 4.78 is 11.3. The highest BCUT2D eigenvalue weighted by Crippen LogP contribution is 2.39. The fourth-order valence-electron chi connectivity index (χ4n) is 3.98. The van der Waals surface area contributed by atoms with E-state index in [0.29, 0.717) is 30.7 Å². The number of hydrogen-bond donors (Lipinski definition) is 2. The highest BCUT2D eigenvalue weighted by Gasteiger charge is 2.42. The lowest BCUT2D eigenvalue weighted by molar-refractivity contribution is 0.0514. The lowest BCUT2D eigenvalue weighted by Crippen LogP contribution is -2.47. The number of carbonyl (C=O) groups is 1. The zero-order valence-electron chi connectivity index (χ0n) is 14.8. The van der Waals surface area contributed by atoms with Crippen LogP contribution in [-0.4, -0.2) is 43.0 Å². The van der Waals surface area contributed by atoms with Crippen LogP contribution in [0.25, 0.3) is 0 Å². The van der Waals surface area contributed by atoms with Crippen LogP contribution in [-0.2, 0) is 9.47 Å². The van der Waals surface area contributed by atoms with Crippen LogP contribution in [0.3, 0.4) is 0 Å². The van der Waals surface area contributed by atoms with Gasteiger partial charge in [-0.15, -0.1) is 0 Å². The van der Waals surface area contributed by atoms with Crippen molar-refractivity contribution in [1.82, 2.24) is 10.6 Å². The van der Waals surface area contributed by atoms with Gasteiger partial charge in [0.2, 0.25) is 0 Å². The predicted octanol–water partition coefficient (Wildman–Crippen LogP) is 2.84. The van der Waals surface area contributed by atoms with Crippen LogP contribution in [0.4, 0.5) is 4.79 Å². The molecular weight excluding hydrogens is 292 g/mol. The fourth-order valence-corrected chi connectivity index (χ4v) is 3.98. The lowest BCUT2D eigenvalue weighted by atomic mass is 9.99. The van der Waals surface area contributed by atoms with Gasteiger partial charge in [-0.05, 0) is 64.7 Å². The van der Waals surface area contributed by atoms with Gasteiger partial charge in [0.05, 0.1) is 6.10 Å². The summed E-state index contributed by atoms with van der Waals surface area (Å²) in [5.41, 5.74) is -0.434. The lowest BCUT2D eigenvalue weighted by Gasteiger charge is -2.28. The number of nitrogens with one attached hydrogen (secondary N) is 2. The molecule has 132 valence electrons. The van der Waals surface area contributed by atoms with E-state index in [4.69, 9.17) is 9.47 Å². The van der Waals surface area contributed by atoms with E-state index in [1.807, 2.05) is 20.8 Å². The molecule has 1 amide bonds. The maximum absolute atomic E-state index is 11.8. The quantitative estimate of drug-likeness (QED) is 0.816. The summed E-state index contributed by atoms with van der Waals surface area (Å²) in [7, 11) is 0. The normalized spacial score (nSPS) is 34.6. The SMILES string of the molecule is CC(C)(C)OC(=O)NCC1CCCC1NC1CCOC1C1CC1. The number of amides is 1. The Labute approximate surface area is 139 Å². The van der Waals surface area contributed by atoms with Crippen molar-refractivity contribution >= 4 is 6.09 Å². The van der Waals surface area contributed by atoms with Crippen molar-refractivity contribution in [3.63, 3.8) is 0 Å². The summed E-state index contributed by atoms with van der Waals surface area (Å²) in [6.07, 6.45) is 7.53. The van der Waals surface area contributed by atoms with Crippen LogP contribution in [0.1, 0.15) is 59.3 Å². The van der Waals surface area contributed by atoms with E-state index in [1.165, 1.54) is 32.1 Å². The number of hydrogen-bond acceptors (Lipinski definition) is 4. The van der Waals surface area contributed by atoms with Gasteiger partial charge in [0, 0.05) is 25.2 Å². The van der Waals surface area contributed by atoms with Crippen LogP contribution in [0, 0.1) is 11.8 Å². The maximum atomic E-state index is 11.8. The molecule has 0 bridgehead atoms. The minimum absolute atomic E-state index is 0.303. The van der Waals surface area contributed by atoms with Gasteiger partial charge in [-0.1, -0.05) is 6.42 Å². The highest BCUT2D eigenvalue weighted by molar-refractivity contribution is 5.67. The van der Waals surface area contributed by atoms with Crippen molar-refractivity contribution in [3.05, 3.63) is 0 Å². The standard InChI is InChI=1S/C18H32N2O3/c1-18(2,3)23-17(21)19-11-13-5-4-6-14(13)20-15-9-10-22-16(15)12-7-8-12/h12-16,20H,4-11H2,1-3H3,(H,19,21). The number of carbonyl (C=O) groups excluding carboxylic acids is 1.